The molecule has 0 radical (unpaired) electrons. The summed E-state index contributed by atoms with van der Waals surface area (Å²) in [5.41, 5.74) is 1.58. The normalized spacial score (nSPS) is 44.1. The molecule has 0 aromatic rings. The van der Waals surface area contributed by atoms with Crippen LogP contribution in [0.3, 0.4) is 0 Å². The lowest BCUT2D eigenvalue weighted by atomic mass is 9.62. The molecule has 4 unspecified atom stereocenters. The van der Waals surface area contributed by atoms with Gasteiger partial charge >= 0.3 is 0 Å². The molecule has 0 aromatic heterocycles. The lowest BCUT2D eigenvalue weighted by molar-refractivity contribution is 0.119. The summed E-state index contributed by atoms with van der Waals surface area (Å²) < 4.78 is 0. The van der Waals surface area contributed by atoms with E-state index in [2.05, 4.69) is 18.7 Å². The van der Waals surface area contributed by atoms with Gasteiger partial charge < -0.3 is 0 Å². The molecule has 0 amide bonds. The molecule has 2 saturated carbocycles. The molecule has 4 atom stereocenters. The Hall–Kier alpha value is -0.520. The monoisotopic (exact) mass is 202 g/mol. The van der Waals surface area contributed by atoms with Gasteiger partial charge in [-0.05, 0) is 61.3 Å². The zero-order valence-electron chi connectivity index (χ0n) is 9.62. The van der Waals surface area contributed by atoms with Crippen molar-refractivity contribution in [1.29, 1.82) is 0 Å². The first-order valence-electron chi connectivity index (χ1n) is 6.72. The minimum absolute atomic E-state index is 0.885. The Morgan fingerprint density at radius 3 is 2.87 bits per heavy atom. The van der Waals surface area contributed by atoms with Gasteiger partial charge in [-0.2, -0.15) is 0 Å². The first-order valence-corrected chi connectivity index (χ1v) is 6.72. The van der Waals surface area contributed by atoms with Crippen LogP contribution in [0.4, 0.5) is 0 Å². The number of rotatable bonds is 1. The van der Waals surface area contributed by atoms with E-state index in [1.807, 2.05) is 0 Å². The Morgan fingerprint density at radius 1 is 1.07 bits per heavy atom. The second-order valence-corrected chi connectivity index (χ2v) is 5.69. The standard InChI is InChI=1S/C15H22/c1-2-11-5-3-8-15-13-7-4-6-12(13)9-10-14(11)15/h2,5,12-15H,1,3-4,6-10H2. The molecular formula is C15H22. The van der Waals surface area contributed by atoms with Gasteiger partial charge in [-0.1, -0.05) is 31.6 Å². The third-order valence-corrected chi connectivity index (χ3v) is 5.18. The second-order valence-electron chi connectivity index (χ2n) is 5.69. The van der Waals surface area contributed by atoms with E-state index in [0.717, 1.165) is 23.7 Å². The molecule has 0 saturated heterocycles. The second kappa shape index (κ2) is 3.81. The van der Waals surface area contributed by atoms with Gasteiger partial charge in [0, 0.05) is 0 Å². The number of hydrogen-bond donors (Lipinski definition) is 0. The fourth-order valence-corrected chi connectivity index (χ4v) is 4.55. The Morgan fingerprint density at radius 2 is 2.00 bits per heavy atom. The lowest BCUT2D eigenvalue weighted by Crippen LogP contribution is -2.34. The third kappa shape index (κ3) is 1.49. The molecule has 3 aliphatic carbocycles. The maximum atomic E-state index is 3.99. The number of allylic oxidation sites excluding steroid dienone is 3. The van der Waals surface area contributed by atoms with Crippen molar-refractivity contribution in [3.05, 3.63) is 24.3 Å². The Balaban J connectivity index is 1.85. The van der Waals surface area contributed by atoms with Crippen molar-refractivity contribution in [2.45, 2.75) is 44.9 Å². The van der Waals surface area contributed by atoms with Gasteiger partial charge in [0.1, 0.15) is 0 Å². The summed E-state index contributed by atoms with van der Waals surface area (Å²) in [5, 5.41) is 0. The fourth-order valence-electron chi connectivity index (χ4n) is 4.55. The quantitative estimate of drug-likeness (QED) is 0.593. The van der Waals surface area contributed by atoms with Crippen LogP contribution >= 0.6 is 0 Å². The Labute approximate surface area is 93.5 Å². The molecule has 0 spiro atoms. The van der Waals surface area contributed by atoms with Crippen LogP contribution in [0.5, 0.6) is 0 Å². The average Bonchev–Trinajstić information content (AvgIpc) is 2.76. The molecule has 82 valence electrons. The lowest BCUT2D eigenvalue weighted by Gasteiger charge is -2.43. The van der Waals surface area contributed by atoms with Crippen LogP contribution in [0, 0.1) is 23.7 Å². The van der Waals surface area contributed by atoms with E-state index < -0.39 is 0 Å². The van der Waals surface area contributed by atoms with Crippen LogP contribution < -0.4 is 0 Å². The van der Waals surface area contributed by atoms with Crippen LogP contribution in [0.2, 0.25) is 0 Å². The molecule has 0 N–H and O–H groups in total. The number of fused-ring (bicyclic) bond motifs is 3. The van der Waals surface area contributed by atoms with Crippen LogP contribution in [-0.2, 0) is 0 Å². The van der Waals surface area contributed by atoms with Crippen molar-refractivity contribution < 1.29 is 0 Å². The van der Waals surface area contributed by atoms with E-state index >= 15 is 0 Å². The first kappa shape index (κ1) is 9.69. The summed E-state index contributed by atoms with van der Waals surface area (Å²) in [6.45, 7) is 3.99. The van der Waals surface area contributed by atoms with E-state index in [0.29, 0.717) is 0 Å². The van der Waals surface area contributed by atoms with E-state index in [9.17, 15) is 0 Å². The molecule has 0 aliphatic heterocycles. The van der Waals surface area contributed by atoms with E-state index in [1.165, 1.54) is 44.9 Å². The molecular weight excluding hydrogens is 180 g/mol. The van der Waals surface area contributed by atoms with Gasteiger partial charge in [0.15, 0.2) is 0 Å². The van der Waals surface area contributed by atoms with Gasteiger partial charge in [-0.25, -0.2) is 0 Å². The van der Waals surface area contributed by atoms with Crippen molar-refractivity contribution in [2.24, 2.45) is 23.7 Å². The van der Waals surface area contributed by atoms with Gasteiger partial charge in [0.25, 0.3) is 0 Å². The summed E-state index contributed by atoms with van der Waals surface area (Å²) >= 11 is 0. The Kier molecular flexibility index (Phi) is 2.46. The SMILES string of the molecule is C=CC1=CCCC2C1CCC1CCCC12. The first-order chi connectivity index (χ1) is 7.40. The fraction of sp³-hybridized carbons (Fsp3) is 0.733. The number of hydrogen-bond acceptors (Lipinski definition) is 0. The molecule has 3 aliphatic rings. The van der Waals surface area contributed by atoms with Gasteiger partial charge in [-0.15, -0.1) is 0 Å². The zero-order valence-corrected chi connectivity index (χ0v) is 9.62. The minimum atomic E-state index is 0.885. The molecule has 15 heavy (non-hydrogen) atoms. The van der Waals surface area contributed by atoms with E-state index in [4.69, 9.17) is 0 Å². The summed E-state index contributed by atoms with van der Waals surface area (Å²) in [6, 6.07) is 0. The van der Waals surface area contributed by atoms with Crippen molar-refractivity contribution in [3.63, 3.8) is 0 Å². The topological polar surface area (TPSA) is 0 Å². The molecule has 3 rings (SSSR count). The van der Waals surface area contributed by atoms with Crippen LogP contribution in [0.15, 0.2) is 24.3 Å². The van der Waals surface area contributed by atoms with Crippen LogP contribution in [-0.4, -0.2) is 0 Å². The zero-order chi connectivity index (χ0) is 10.3. The largest absolute Gasteiger partial charge is 0.0988 e. The van der Waals surface area contributed by atoms with Gasteiger partial charge in [0.2, 0.25) is 0 Å². The Bertz CT molecular complexity index is 286. The minimum Gasteiger partial charge on any atom is -0.0988 e. The summed E-state index contributed by atoms with van der Waals surface area (Å²) in [6.07, 6.45) is 14.9. The molecule has 0 heterocycles. The predicted octanol–water partition coefficient (Wildman–Crippen LogP) is 4.34. The van der Waals surface area contributed by atoms with Crippen molar-refractivity contribution in [1.82, 2.24) is 0 Å². The third-order valence-electron chi connectivity index (χ3n) is 5.18. The van der Waals surface area contributed by atoms with Crippen molar-refractivity contribution in [3.8, 4) is 0 Å². The molecule has 0 heteroatoms. The molecule has 0 bridgehead atoms. The van der Waals surface area contributed by atoms with Gasteiger partial charge in [0.05, 0.1) is 0 Å². The van der Waals surface area contributed by atoms with Gasteiger partial charge in [-0.3, -0.25) is 0 Å². The van der Waals surface area contributed by atoms with E-state index in [-0.39, 0.29) is 0 Å². The van der Waals surface area contributed by atoms with Crippen LogP contribution in [0.25, 0.3) is 0 Å². The van der Waals surface area contributed by atoms with Crippen LogP contribution in [0.1, 0.15) is 44.9 Å². The average molecular weight is 202 g/mol. The highest BCUT2D eigenvalue weighted by Gasteiger charge is 2.42. The molecule has 0 aromatic carbocycles. The molecule has 2 fully saturated rings. The summed E-state index contributed by atoms with van der Waals surface area (Å²) in [7, 11) is 0. The van der Waals surface area contributed by atoms with E-state index in [1.54, 1.807) is 5.57 Å². The maximum Gasteiger partial charge on any atom is -0.0134 e. The van der Waals surface area contributed by atoms with Crippen molar-refractivity contribution in [2.75, 3.05) is 0 Å². The highest BCUT2D eigenvalue weighted by molar-refractivity contribution is 5.24. The highest BCUT2D eigenvalue weighted by Crippen LogP contribution is 2.52. The highest BCUT2D eigenvalue weighted by atomic mass is 14.5. The van der Waals surface area contributed by atoms with Crippen molar-refractivity contribution >= 4 is 0 Å². The molecule has 0 nitrogen and oxygen atoms in total. The predicted molar refractivity (Wildman–Crippen MR) is 64.6 cm³/mol. The maximum absolute atomic E-state index is 3.99. The summed E-state index contributed by atoms with van der Waals surface area (Å²) in [5.74, 6) is 4.07. The summed E-state index contributed by atoms with van der Waals surface area (Å²) in [4.78, 5) is 0. The smallest absolute Gasteiger partial charge is 0.0134 e.